The second-order valence-corrected chi connectivity index (χ2v) is 4.08. The first-order valence-corrected chi connectivity index (χ1v) is 5.63. The summed E-state index contributed by atoms with van der Waals surface area (Å²) in [5.74, 6) is 0. The van der Waals surface area contributed by atoms with Crippen LogP contribution in [0.1, 0.15) is 16.7 Å². The van der Waals surface area contributed by atoms with Crippen LogP contribution in [0.15, 0.2) is 55.1 Å². The van der Waals surface area contributed by atoms with Gasteiger partial charge in [0, 0.05) is 5.02 Å². The van der Waals surface area contributed by atoms with Crippen molar-refractivity contribution in [3.63, 3.8) is 0 Å². The van der Waals surface area contributed by atoms with E-state index >= 15 is 0 Å². The number of halogens is 1. The lowest BCUT2D eigenvalue weighted by molar-refractivity contribution is 1.19. The van der Waals surface area contributed by atoms with Gasteiger partial charge in [-0.25, -0.2) is 0 Å². The van der Waals surface area contributed by atoms with Crippen LogP contribution in [0.4, 0.5) is 0 Å². The molecular weight excluding hydrogens is 216 g/mol. The highest BCUT2D eigenvalue weighted by Crippen LogP contribution is 2.23. The molecule has 0 N–H and O–H groups in total. The molecule has 80 valence electrons. The molecular formula is C15H13Cl. The number of rotatable bonds is 3. The molecule has 0 heterocycles. The lowest BCUT2D eigenvalue weighted by atomic mass is 10.00. The van der Waals surface area contributed by atoms with Gasteiger partial charge in [-0.05, 0) is 29.2 Å². The summed E-state index contributed by atoms with van der Waals surface area (Å²) in [6.07, 6.45) is 2.70. The van der Waals surface area contributed by atoms with E-state index < -0.39 is 0 Å². The molecule has 2 rings (SSSR count). The third kappa shape index (κ3) is 2.34. The van der Waals surface area contributed by atoms with Crippen LogP contribution in [0.2, 0.25) is 5.02 Å². The second kappa shape index (κ2) is 5.00. The first-order chi connectivity index (χ1) is 7.81. The molecule has 16 heavy (non-hydrogen) atoms. The molecule has 0 unspecified atom stereocenters. The Morgan fingerprint density at radius 2 is 1.75 bits per heavy atom. The summed E-state index contributed by atoms with van der Waals surface area (Å²) in [6, 6.07) is 16.2. The van der Waals surface area contributed by atoms with Crippen molar-refractivity contribution in [2.45, 2.75) is 6.42 Å². The Kier molecular flexibility index (Phi) is 3.43. The fourth-order valence-electron chi connectivity index (χ4n) is 1.75. The molecule has 0 aliphatic carbocycles. The van der Waals surface area contributed by atoms with Crippen molar-refractivity contribution in [3.05, 3.63) is 76.8 Å². The monoisotopic (exact) mass is 228 g/mol. The van der Waals surface area contributed by atoms with Gasteiger partial charge in [-0.15, -0.1) is 0 Å². The van der Waals surface area contributed by atoms with E-state index in [0.717, 1.165) is 22.6 Å². The molecule has 0 nitrogen and oxygen atoms in total. The van der Waals surface area contributed by atoms with Gasteiger partial charge in [0.05, 0.1) is 0 Å². The van der Waals surface area contributed by atoms with Crippen LogP contribution in [0.5, 0.6) is 0 Å². The Bertz CT molecular complexity index is 486. The topological polar surface area (TPSA) is 0 Å². The highest BCUT2D eigenvalue weighted by Gasteiger charge is 2.05. The van der Waals surface area contributed by atoms with Gasteiger partial charge in [-0.3, -0.25) is 0 Å². The third-order valence-corrected chi connectivity index (χ3v) is 2.95. The predicted octanol–water partition coefficient (Wildman–Crippen LogP) is 4.57. The smallest absolute Gasteiger partial charge is 0.0447 e. The Labute approximate surface area is 101 Å². The summed E-state index contributed by atoms with van der Waals surface area (Å²) >= 11 is 6.21. The first kappa shape index (κ1) is 11.0. The van der Waals surface area contributed by atoms with E-state index in [9.17, 15) is 0 Å². The van der Waals surface area contributed by atoms with Gasteiger partial charge >= 0.3 is 0 Å². The third-order valence-electron chi connectivity index (χ3n) is 2.60. The lowest BCUT2D eigenvalue weighted by Gasteiger charge is -2.08. The van der Waals surface area contributed by atoms with Gasteiger partial charge in [0.2, 0.25) is 0 Å². The summed E-state index contributed by atoms with van der Waals surface area (Å²) in [6.45, 7) is 3.82. The van der Waals surface area contributed by atoms with Gasteiger partial charge in [0.15, 0.2) is 0 Å². The van der Waals surface area contributed by atoms with Crippen LogP contribution >= 0.6 is 11.6 Å². The van der Waals surface area contributed by atoms with E-state index in [-0.39, 0.29) is 0 Å². The second-order valence-electron chi connectivity index (χ2n) is 3.67. The molecule has 0 aromatic heterocycles. The summed E-state index contributed by atoms with van der Waals surface area (Å²) in [5, 5.41) is 0.807. The average Bonchev–Trinajstić information content (AvgIpc) is 2.33. The van der Waals surface area contributed by atoms with Gasteiger partial charge in [-0.1, -0.05) is 66.7 Å². The van der Waals surface area contributed by atoms with Gasteiger partial charge in [0.1, 0.15) is 0 Å². The maximum atomic E-state index is 6.21. The molecule has 0 aliphatic heterocycles. The van der Waals surface area contributed by atoms with Crippen molar-refractivity contribution in [1.29, 1.82) is 0 Å². The molecule has 0 saturated carbocycles. The zero-order valence-electron chi connectivity index (χ0n) is 8.99. The standard InChI is InChI=1S/C15H13Cl/c1-2-13-9-6-10-15(16)14(13)11-12-7-4-3-5-8-12/h2-10H,1,11H2. The van der Waals surface area contributed by atoms with E-state index in [4.69, 9.17) is 11.6 Å². The molecule has 2 aromatic rings. The van der Waals surface area contributed by atoms with Crippen LogP contribution in [-0.4, -0.2) is 0 Å². The largest absolute Gasteiger partial charge is 0.0985 e. The molecule has 1 heteroatoms. The lowest BCUT2D eigenvalue weighted by Crippen LogP contribution is -1.92. The molecule has 0 aliphatic rings. The van der Waals surface area contributed by atoms with Gasteiger partial charge in [-0.2, -0.15) is 0 Å². The van der Waals surface area contributed by atoms with E-state index in [0.29, 0.717) is 0 Å². The highest BCUT2D eigenvalue weighted by molar-refractivity contribution is 6.31. The number of hydrogen-bond donors (Lipinski definition) is 0. The minimum absolute atomic E-state index is 0.807. The normalized spacial score (nSPS) is 10.1. The Morgan fingerprint density at radius 3 is 2.44 bits per heavy atom. The van der Waals surface area contributed by atoms with Crippen LogP contribution in [-0.2, 0) is 6.42 Å². The Balaban J connectivity index is 2.38. The van der Waals surface area contributed by atoms with Gasteiger partial charge < -0.3 is 0 Å². The van der Waals surface area contributed by atoms with Crippen molar-refractivity contribution < 1.29 is 0 Å². The molecule has 2 aromatic carbocycles. The van der Waals surface area contributed by atoms with Crippen molar-refractivity contribution in [2.24, 2.45) is 0 Å². The zero-order chi connectivity index (χ0) is 11.4. The van der Waals surface area contributed by atoms with Crippen molar-refractivity contribution >= 4 is 17.7 Å². The maximum Gasteiger partial charge on any atom is 0.0447 e. The molecule has 0 amide bonds. The first-order valence-electron chi connectivity index (χ1n) is 5.25. The van der Waals surface area contributed by atoms with E-state index in [2.05, 4.69) is 18.7 Å². The highest BCUT2D eigenvalue weighted by atomic mass is 35.5. The van der Waals surface area contributed by atoms with Crippen molar-refractivity contribution in [2.75, 3.05) is 0 Å². The summed E-state index contributed by atoms with van der Waals surface area (Å²) in [7, 11) is 0. The Hall–Kier alpha value is -1.53. The van der Waals surface area contributed by atoms with Crippen LogP contribution in [0.3, 0.4) is 0 Å². The van der Waals surface area contributed by atoms with E-state index in [1.165, 1.54) is 5.56 Å². The summed E-state index contributed by atoms with van der Waals surface area (Å²) in [5.41, 5.74) is 3.51. The zero-order valence-corrected chi connectivity index (χ0v) is 9.74. The van der Waals surface area contributed by atoms with E-state index in [1.54, 1.807) is 0 Å². The summed E-state index contributed by atoms with van der Waals surface area (Å²) < 4.78 is 0. The molecule has 0 saturated heterocycles. The van der Waals surface area contributed by atoms with Crippen molar-refractivity contribution in [1.82, 2.24) is 0 Å². The molecule has 0 fully saturated rings. The SMILES string of the molecule is C=Cc1cccc(Cl)c1Cc1ccccc1. The molecule has 0 atom stereocenters. The van der Waals surface area contributed by atoms with Gasteiger partial charge in [0.25, 0.3) is 0 Å². The average molecular weight is 229 g/mol. The van der Waals surface area contributed by atoms with E-state index in [1.807, 2.05) is 42.5 Å². The van der Waals surface area contributed by atoms with Crippen LogP contribution in [0.25, 0.3) is 6.08 Å². The molecule has 0 spiro atoms. The minimum Gasteiger partial charge on any atom is -0.0985 e. The van der Waals surface area contributed by atoms with Crippen molar-refractivity contribution in [3.8, 4) is 0 Å². The Morgan fingerprint density at radius 1 is 1.00 bits per heavy atom. The summed E-state index contributed by atoms with van der Waals surface area (Å²) in [4.78, 5) is 0. The number of benzene rings is 2. The maximum absolute atomic E-state index is 6.21. The quantitative estimate of drug-likeness (QED) is 0.722. The number of hydrogen-bond acceptors (Lipinski definition) is 0. The minimum atomic E-state index is 0.807. The molecule has 0 bridgehead atoms. The predicted molar refractivity (Wildman–Crippen MR) is 70.8 cm³/mol. The van der Waals surface area contributed by atoms with Crippen LogP contribution < -0.4 is 0 Å². The fraction of sp³-hybridized carbons (Fsp3) is 0.0667. The van der Waals surface area contributed by atoms with Crippen LogP contribution in [0, 0.1) is 0 Å². The fourth-order valence-corrected chi connectivity index (χ4v) is 2.00. The molecule has 0 radical (unpaired) electrons.